The summed E-state index contributed by atoms with van der Waals surface area (Å²) in [6.45, 7) is 0.744. The van der Waals surface area contributed by atoms with Gasteiger partial charge in [0.2, 0.25) is 5.95 Å². The van der Waals surface area contributed by atoms with Crippen molar-refractivity contribution in [3.8, 4) is 0 Å². The first-order chi connectivity index (χ1) is 7.58. The molecule has 84 valence electrons. The lowest BCUT2D eigenvalue weighted by Crippen LogP contribution is -2.40. The lowest BCUT2D eigenvalue weighted by molar-refractivity contribution is 0.370. The molecule has 0 fully saturated rings. The van der Waals surface area contributed by atoms with Gasteiger partial charge < -0.3 is 0 Å². The molecule has 6 heteroatoms. The summed E-state index contributed by atoms with van der Waals surface area (Å²) in [7, 11) is 4.00. The summed E-state index contributed by atoms with van der Waals surface area (Å²) >= 11 is 5.94. The lowest BCUT2D eigenvalue weighted by Gasteiger charge is -2.28. The molecule has 0 saturated heterocycles. The van der Waals surface area contributed by atoms with E-state index in [0.29, 0.717) is 10.4 Å². The molecule has 0 amide bonds. The molecule has 0 aliphatic carbocycles. The minimum Gasteiger partial charge on any atom is -0.285 e. The molecule has 16 heavy (non-hydrogen) atoms. The van der Waals surface area contributed by atoms with Crippen molar-refractivity contribution < 1.29 is 0 Å². The van der Waals surface area contributed by atoms with Gasteiger partial charge in [-0.3, -0.25) is 14.8 Å². The maximum atomic E-state index is 5.94. The number of hydrogen-bond acceptors (Lipinski definition) is 3. The Morgan fingerprint density at radius 1 is 1.38 bits per heavy atom. The Morgan fingerprint density at radius 3 is 2.81 bits per heavy atom. The Kier molecular flexibility index (Phi) is 2.89. The van der Waals surface area contributed by atoms with Gasteiger partial charge in [-0.1, -0.05) is 23.7 Å². The molecule has 0 bridgehead atoms. The maximum absolute atomic E-state index is 5.94. The molecule has 2 rings (SSSR count). The zero-order valence-electron chi connectivity index (χ0n) is 9.13. The zero-order chi connectivity index (χ0) is 11.6. The monoisotopic (exact) mass is 237 g/mol. The highest BCUT2D eigenvalue weighted by molar-refractivity contribution is 6.30. The molecule has 0 saturated carbocycles. The highest BCUT2D eigenvalue weighted by Gasteiger charge is 2.18. The quantitative estimate of drug-likeness (QED) is 0.754. The summed E-state index contributed by atoms with van der Waals surface area (Å²) in [5, 5.41) is 15.5. The van der Waals surface area contributed by atoms with Gasteiger partial charge >= 0.3 is 0 Å². The molecule has 0 radical (unpaired) electrons. The van der Waals surface area contributed by atoms with Gasteiger partial charge in [0.05, 0.1) is 14.1 Å². The SMILES string of the molecule is C[N+](C)(Cc1cccc(Cl)c1)c1nnn[n-]1. The van der Waals surface area contributed by atoms with Gasteiger partial charge in [0, 0.05) is 10.6 Å². The van der Waals surface area contributed by atoms with Crippen molar-refractivity contribution in [3.63, 3.8) is 0 Å². The second-order valence-corrected chi connectivity index (χ2v) is 4.59. The molecule has 1 aromatic heterocycles. The van der Waals surface area contributed by atoms with E-state index >= 15 is 0 Å². The van der Waals surface area contributed by atoms with E-state index in [-0.39, 0.29) is 0 Å². The Bertz CT molecular complexity index is 466. The molecule has 5 nitrogen and oxygen atoms in total. The second-order valence-electron chi connectivity index (χ2n) is 4.15. The van der Waals surface area contributed by atoms with Crippen LogP contribution in [0.4, 0.5) is 5.95 Å². The van der Waals surface area contributed by atoms with Gasteiger partial charge in [0.15, 0.2) is 0 Å². The smallest absolute Gasteiger partial charge is 0.207 e. The van der Waals surface area contributed by atoms with Crippen LogP contribution >= 0.6 is 11.6 Å². The van der Waals surface area contributed by atoms with E-state index in [1.54, 1.807) is 0 Å². The minimum atomic E-state index is 0.493. The van der Waals surface area contributed by atoms with E-state index in [1.807, 2.05) is 38.4 Å². The van der Waals surface area contributed by atoms with Crippen molar-refractivity contribution in [1.29, 1.82) is 0 Å². The molecule has 0 atom stereocenters. The third-order valence-electron chi connectivity index (χ3n) is 2.32. The van der Waals surface area contributed by atoms with Crippen LogP contribution in [0, 0.1) is 0 Å². The van der Waals surface area contributed by atoms with Crippen LogP contribution in [0.2, 0.25) is 5.02 Å². The zero-order valence-corrected chi connectivity index (χ0v) is 9.89. The third-order valence-corrected chi connectivity index (χ3v) is 2.55. The number of tetrazole rings is 1. The molecule has 0 N–H and O–H groups in total. The van der Waals surface area contributed by atoms with Crippen LogP contribution in [0.5, 0.6) is 0 Å². The first kappa shape index (κ1) is 11.0. The number of halogens is 1. The Morgan fingerprint density at radius 2 is 2.19 bits per heavy atom. The molecule has 1 heterocycles. The molecule has 2 aromatic rings. The summed E-state index contributed by atoms with van der Waals surface area (Å²) in [6.07, 6.45) is 0. The number of hydrogen-bond donors (Lipinski definition) is 0. The van der Waals surface area contributed by atoms with Crippen molar-refractivity contribution in [2.45, 2.75) is 6.54 Å². The minimum absolute atomic E-state index is 0.493. The summed E-state index contributed by atoms with van der Waals surface area (Å²) in [6, 6.07) is 7.74. The highest BCUT2D eigenvalue weighted by Crippen LogP contribution is 2.17. The summed E-state index contributed by atoms with van der Waals surface area (Å²) in [5.41, 5.74) is 1.13. The predicted octanol–water partition coefficient (Wildman–Crippen LogP) is 1.25. The van der Waals surface area contributed by atoms with Crippen LogP contribution in [-0.2, 0) is 6.54 Å². The fourth-order valence-electron chi connectivity index (χ4n) is 1.54. The van der Waals surface area contributed by atoms with Gasteiger partial charge in [-0.25, -0.2) is 5.10 Å². The number of nitrogens with zero attached hydrogens (tertiary/aromatic N) is 5. The standard InChI is InChI=1S/C10H12ClN5/c1-16(2,10-12-14-15-13-10)7-8-4-3-5-9(11)6-8/h3-6H,7H2,1-2H3. The first-order valence-electron chi connectivity index (χ1n) is 4.85. The van der Waals surface area contributed by atoms with Crippen LogP contribution in [0.15, 0.2) is 24.3 Å². The molecule has 0 aliphatic heterocycles. The Balaban J connectivity index is 2.21. The van der Waals surface area contributed by atoms with E-state index in [4.69, 9.17) is 11.6 Å². The van der Waals surface area contributed by atoms with Crippen molar-refractivity contribution >= 4 is 17.5 Å². The van der Waals surface area contributed by atoms with E-state index in [1.165, 1.54) is 0 Å². The third kappa shape index (κ3) is 2.37. The second kappa shape index (κ2) is 4.19. The maximum Gasteiger partial charge on any atom is 0.207 e. The number of quaternary nitrogens is 1. The lowest BCUT2D eigenvalue weighted by atomic mass is 10.2. The molecular formula is C10H12ClN5. The normalized spacial score (nSPS) is 11.7. The fraction of sp³-hybridized carbons (Fsp3) is 0.300. The molecule has 0 aliphatic rings. The first-order valence-corrected chi connectivity index (χ1v) is 5.22. The van der Waals surface area contributed by atoms with Crippen molar-refractivity contribution in [3.05, 3.63) is 34.9 Å². The summed E-state index contributed by atoms with van der Waals surface area (Å²) < 4.78 is 0.493. The molecule has 1 aromatic carbocycles. The van der Waals surface area contributed by atoms with Gasteiger partial charge in [-0.15, -0.1) is 0 Å². The van der Waals surface area contributed by atoms with Crippen LogP contribution in [0.25, 0.3) is 0 Å². The summed E-state index contributed by atoms with van der Waals surface area (Å²) in [4.78, 5) is 0. The Hall–Kier alpha value is -1.46. The van der Waals surface area contributed by atoms with Crippen LogP contribution in [-0.4, -0.2) is 29.6 Å². The van der Waals surface area contributed by atoms with Crippen LogP contribution < -0.4 is 9.58 Å². The molecule has 0 unspecified atom stereocenters. The average Bonchev–Trinajstić information content (AvgIpc) is 2.69. The number of aromatic nitrogens is 4. The van der Waals surface area contributed by atoms with Gasteiger partial charge in [-0.2, -0.15) is 5.21 Å². The number of benzene rings is 1. The van der Waals surface area contributed by atoms with E-state index in [2.05, 4.69) is 20.6 Å². The van der Waals surface area contributed by atoms with Crippen molar-refractivity contribution in [1.82, 2.24) is 25.1 Å². The van der Waals surface area contributed by atoms with Crippen LogP contribution in [0.3, 0.4) is 0 Å². The summed E-state index contributed by atoms with van der Waals surface area (Å²) in [5.74, 6) is 0.597. The van der Waals surface area contributed by atoms with E-state index in [0.717, 1.165) is 17.1 Å². The largest absolute Gasteiger partial charge is 0.285 e. The van der Waals surface area contributed by atoms with Crippen molar-refractivity contribution in [2.75, 3.05) is 14.1 Å². The average molecular weight is 238 g/mol. The Labute approximate surface area is 98.6 Å². The van der Waals surface area contributed by atoms with Crippen LogP contribution in [0.1, 0.15) is 5.56 Å². The molecule has 0 spiro atoms. The predicted molar refractivity (Wildman–Crippen MR) is 61.9 cm³/mol. The van der Waals surface area contributed by atoms with Gasteiger partial charge in [-0.05, 0) is 12.1 Å². The topological polar surface area (TPSA) is 52.8 Å². The van der Waals surface area contributed by atoms with E-state index in [9.17, 15) is 0 Å². The van der Waals surface area contributed by atoms with Gasteiger partial charge in [0.1, 0.15) is 6.54 Å². The van der Waals surface area contributed by atoms with E-state index < -0.39 is 0 Å². The number of rotatable bonds is 3. The highest BCUT2D eigenvalue weighted by atomic mass is 35.5. The molecular weight excluding hydrogens is 226 g/mol. The van der Waals surface area contributed by atoms with Gasteiger partial charge in [0.25, 0.3) is 0 Å². The van der Waals surface area contributed by atoms with Crippen molar-refractivity contribution in [2.24, 2.45) is 0 Å². The fourth-order valence-corrected chi connectivity index (χ4v) is 1.76.